The van der Waals surface area contributed by atoms with Gasteiger partial charge in [0.1, 0.15) is 0 Å². The van der Waals surface area contributed by atoms with Crippen LogP contribution in [0.15, 0.2) is 42.5 Å². The summed E-state index contributed by atoms with van der Waals surface area (Å²) in [6, 6.07) is 10.8. The van der Waals surface area contributed by atoms with E-state index in [0.29, 0.717) is 24.2 Å². The van der Waals surface area contributed by atoms with Crippen molar-refractivity contribution in [3.05, 3.63) is 70.8 Å². The van der Waals surface area contributed by atoms with Gasteiger partial charge >= 0.3 is 5.97 Å². The summed E-state index contributed by atoms with van der Waals surface area (Å²) in [5, 5.41) is 3.12. The molecule has 3 nitrogen and oxygen atoms in total. The fourth-order valence-electron chi connectivity index (χ4n) is 1.88. The zero-order chi connectivity index (χ0) is 15.2. The number of rotatable bonds is 5. The van der Waals surface area contributed by atoms with Crippen LogP contribution in [0, 0.1) is 11.6 Å². The third kappa shape index (κ3) is 4.10. The highest BCUT2D eigenvalue weighted by molar-refractivity contribution is 5.89. The molecule has 21 heavy (non-hydrogen) atoms. The Morgan fingerprint density at radius 3 is 2.24 bits per heavy atom. The number of benzene rings is 2. The molecule has 0 radical (unpaired) electrons. The van der Waals surface area contributed by atoms with Crippen molar-refractivity contribution in [3.63, 3.8) is 0 Å². The quantitative estimate of drug-likeness (QED) is 0.861. The molecule has 5 heteroatoms. The third-order valence-corrected chi connectivity index (χ3v) is 3.02. The standard InChI is InChI=1S/C16H15F2NO2/c1-21-16(20)13-5-2-11(3-6-13)9-19-10-12-4-7-14(17)15(18)8-12/h2-8,19H,9-10H2,1H3. The predicted octanol–water partition coefficient (Wildman–Crippen LogP) is 3.04. The lowest BCUT2D eigenvalue weighted by molar-refractivity contribution is 0.0600. The van der Waals surface area contributed by atoms with E-state index in [4.69, 9.17) is 0 Å². The van der Waals surface area contributed by atoms with Gasteiger partial charge in [-0.1, -0.05) is 18.2 Å². The van der Waals surface area contributed by atoms with E-state index in [1.165, 1.54) is 19.2 Å². The Kier molecular flexibility index (Phi) is 5.00. The second-order valence-corrected chi connectivity index (χ2v) is 4.54. The minimum absolute atomic E-state index is 0.378. The summed E-state index contributed by atoms with van der Waals surface area (Å²) in [7, 11) is 1.33. The highest BCUT2D eigenvalue weighted by Crippen LogP contribution is 2.09. The number of halogens is 2. The van der Waals surface area contributed by atoms with Crippen LogP contribution in [0.3, 0.4) is 0 Å². The minimum Gasteiger partial charge on any atom is -0.465 e. The number of methoxy groups -OCH3 is 1. The van der Waals surface area contributed by atoms with Crippen molar-refractivity contribution >= 4 is 5.97 Å². The highest BCUT2D eigenvalue weighted by Gasteiger charge is 2.05. The predicted molar refractivity (Wildman–Crippen MR) is 74.7 cm³/mol. The van der Waals surface area contributed by atoms with Crippen LogP contribution in [-0.2, 0) is 17.8 Å². The van der Waals surface area contributed by atoms with E-state index in [1.54, 1.807) is 12.1 Å². The van der Waals surface area contributed by atoms with Gasteiger partial charge < -0.3 is 10.1 Å². The number of hydrogen-bond donors (Lipinski definition) is 1. The van der Waals surface area contributed by atoms with E-state index in [0.717, 1.165) is 11.6 Å². The SMILES string of the molecule is COC(=O)c1ccc(CNCc2ccc(F)c(F)c2)cc1. The summed E-state index contributed by atoms with van der Waals surface area (Å²) in [5.41, 5.74) is 2.13. The first-order valence-corrected chi connectivity index (χ1v) is 6.42. The molecule has 0 aliphatic rings. The Labute approximate surface area is 121 Å². The van der Waals surface area contributed by atoms with Crippen molar-refractivity contribution in [2.45, 2.75) is 13.1 Å². The van der Waals surface area contributed by atoms with Gasteiger partial charge in [0.15, 0.2) is 11.6 Å². The smallest absolute Gasteiger partial charge is 0.337 e. The molecule has 2 aromatic carbocycles. The molecular formula is C16H15F2NO2. The second kappa shape index (κ2) is 6.95. The van der Waals surface area contributed by atoms with Crippen LogP contribution in [0.2, 0.25) is 0 Å². The maximum absolute atomic E-state index is 13.0. The number of esters is 1. The number of nitrogens with one attached hydrogen (secondary N) is 1. The maximum atomic E-state index is 13.0. The maximum Gasteiger partial charge on any atom is 0.337 e. The average Bonchev–Trinajstić information content (AvgIpc) is 2.51. The first-order chi connectivity index (χ1) is 10.1. The lowest BCUT2D eigenvalue weighted by Crippen LogP contribution is -2.13. The summed E-state index contributed by atoms with van der Waals surface area (Å²) in [6.45, 7) is 0.983. The lowest BCUT2D eigenvalue weighted by atomic mass is 10.1. The van der Waals surface area contributed by atoms with Crippen LogP contribution >= 0.6 is 0 Å². The fraction of sp³-hybridized carbons (Fsp3) is 0.188. The molecular weight excluding hydrogens is 276 g/mol. The van der Waals surface area contributed by atoms with E-state index in [2.05, 4.69) is 10.1 Å². The Morgan fingerprint density at radius 2 is 1.62 bits per heavy atom. The van der Waals surface area contributed by atoms with Crippen molar-refractivity contribution in [3.8, 4) is 0 Å². The molecule has 0 unspecified atom stereocenters. The van der Waals surface area contributed by atoms with Crippen molar-refractivity contribution in [1.82, 2.24) is 5.32 Å². The fourth-order valence-corrected chi connectivity index (χ4v) is 1.88. The normalized spacial score (nSPS) is 10.4. The molecule has 0 fully saturated rings. The Bertz CT molecular complexity index is 627. The molecule has 0 amide bonds. The van der Waals surface area contributed by atoms with Gasteiger partial charge in [0.2, 0.25) is 0 Å². The molecule has 0 aliphatic heterocycles. The highest BCUT2D eigenvalue weighted by atomic mass is 19.2. The Morgan fingerprint density at radius 1 is 1.00 bits per heavy atom. The van der Waals surface area contributed by atoms with E-state index in [1.807, 2.05) is 12.1 Å². The molecule has 0 aromatic heterocycles. The van der Waals surface area contributed by atoms with E-state index >= 15 is 0 Å². The van der Waals surface area contributed by atoms with Crippen molar-refractivity contribution < 1.29 is 18.3 Å². The van der Waals surface area contributed by atoms with E-state index in [-0.39, 0.29) is 5.97 Å². The van der Waals surface area contributed by atoms with E-state index in [9.17, 15) is 13.6 Å². The number of hydrogen-bond acceptors (Lipinski definition) is 3. The van der Waals surface area contributed by atoms with Crippen LogP contribution < -0.4 is 5.32 Å². The van der Waals surface area contributed by atoms with Gasteiger partial charge in [0.05, 0.1) is 12.7 Å². The van der Waals surface area contributed by atoms with Crippen molar-refractivity contribution in [2.75, 3.05) is 7.11 Å². The first kappa shape index (κ1) is 15.1. The number of ether oxygens (including phenoxy) is 1. The van der Waals surface area contributed by atoms with Crippen molar-refractivity contribution in [2.24, 2.45) is 0 Å². The molecule has 1 N–H and O–H groups in total. The van der Waals surface area contributed by atoms with Gasteiger partial charge in [-0.05, 0) is 35.4 Å². The summed E-state index contributed by atoms with van der Waals surface area (Å²) in [4.78, 5) is 11.3. The second-order valence-electron chi connectivity index (χ2n) is 4.54. The number of carbonyl (C=O) groups excluding carboxylic acids is 1. The van der Waals surface area contributed by atoms with Crippen LogP contribution in [0.4, 0.5) is 8.78 Å². The van der Waals surface area contributed by atoms with Gasteiger partial charge in [-0.15, -0.1) is 0 Å². The molecule has 110 valence electrons. The Balaban J connectivity index is 1.88. The van der Waals surface area contributed by atoms with Gasteiger partial charge in [0.25, 0.3) is 0 Å². The van der Waals surface area contributed by atoms with Crippen LogP contribution in [0.1, 0.15) is 21.5 Å². The summed E-state index contributed by atoms with van der Waals surface area (Å²) in [6.07, 6.45) is 0. The molecule has 2 aromatic rings. The average molecular weight is 291 g/mol. The van der Waals surface area contributed by atoms with Crippen LogP contribution in [0.25, 0.3) is 0 Å². The molecule has 0 heterocycles. The molecule has 0 saturated carbocycles. The molecule has 0 bridgehead atoms. The largest absolute Gasteiger partial charge is 0.465 e. The van der Waals surface area contributed by atoms with Gasteiger partial charge in [-0.25, -0.2) is 13.6 Å². The molecule has 0 saturated heterocycles. The monoisotopic (exact) mass is 291 g/mol. The van der Waals surface area contributed by atoms with Crippen LogP contribution in [0.5, 0.6) is 0 Å². The lowest BCUT2D eigenvalue weighted by Gasteiger charge is -2.06. The third-order valence-electron chi connectivity index (χ3n) is 3.02. The van der Waals surface area contributed by atoms with Gasteiger partial charge in [-0.2, -0.15) is 0 Å². The van der Waals surface area contributed by atoms with Crippen LogP contribution in [-0.4, -0.2) is 13.1 Å². The first-order valence-electron chi connectivity index (χ1n) is 6.42. The molecule has 0 atom stereocenters. The molecule has 0 spiro atoms. The van der Waals surface area contributed by atoms with Gasteiger partial charge in [-0.3, -0.25) is 0 Å². The van der Waals surface area contributed by atoms with Crippen molar-refractivity contribution in [1.29, 1.82) is 0 Å². The van der Waals surface area contributed by atoms with E-state index < -0.39 is 11.6 Å². The summed E-state index contributed by atoms with van der Waals surface area (Å²) < 4.78 is 30.4. The molecule has 2 rings (SSSR count). The topological polar surface area (TPSA) is 38.3 Å². The molecule has 0 aliphatic carbocycles. The van der Waals surface area contributed by atoms with Gasteiger partial charge in [0, 0.05) is 13.1 Å². The number of carbonyl (C=O) groups is 1. The minimum atomic E-state index is -0.850. The zero-order valence-electron chi connectivity index (χ0n) is 11.5. The Hall–Kier alpha value is -2.27. The summed E-state index contributed by atoms with van der Waals surface area (Å²) in [5.74, 6) is -2.08. The summed E-state index contributed by atoms with van der Waals surface area (Å²) >= 11 is 0. The zero-order valence-corrected chi connectivity index (χ0v) is 11.5.